The van der Waals surface area contributed by atoms with Gasteiger partial charge in [-0.1, -0.05) is 0 Å². The van der Waals surface area contributed by atoms with E-state index in [1.807, 2.05) is 0 Å². The molecule has 0 saturated heterocycles. The van der Waals surface area contributed by atoms with Crippen LogP contribution in [-0.4, -0.2) is 15.0 Å². The van der Waals surface area contributed by atoms with Crippen LogP contribution in [0, 0.1) is 0 Å². The van der Waals surface area contributed by atoms with Gasteiger partial charge in [0.1, 0.15) is 4.70 Å². The van der Waals surface area contributed by atoms with E-state index < -0.39 is 17.6 Å². The summed E-state index contributed by atoms with van der Waals surface area (Å²) in [5, 5.41) is 0. The van der Waals surface area contributed by atoms with E-state index in [1.165, 1.54) is 5.51 Å². The minimum absolute atomic E-state index is 0.0954. The number of rotatable bonds is 0. The molecule has 0 bridgehead atoms. The Morgan fingerprint density at radius 1 is 1.43 bits per heavy atom. The van der Waals surface area contributed by atoms with E-state index >= 15 is 0 Å². The van der Waals surface area contributed by atoms with Gasteiger partial charge < -0.3 is 4.98 Å². The third kappa shape index (κ3) is 1.37. The highest BCUT2D eigenvalue weighted by molar-refractivity contribution is 7.16. The Balaban J connectivity index is 2.77. The fourth-order valence-electron chi connectivity index (χ4n) is 0.907. The van der Waals surface area contributed by atoms with Crippen LogP contribution in [0.25, 0.3) is 10.3 Å². The summed E-state index contributed by atoms with van der Waals surface area (Å²) < 4.78 is 36.5. The molecule has 0 aliphatic heterocycles. The van der Waals surface area contributed by atoms with E-state index in [0.29, 0.717) is 0 Å². The summed E-state index contributed by atoms with van der Waals surface area (Å²) >= 11 is 0.949. The summed E-state index contributed by atoms with van der Waals surface area (Å²) in [4.78, 5) is 19.5. The van der Waals surface area contributed by atoms with Crippen molar-refractivity contribution in [2.45, 2.75) is 6.18 Å². The zero-order chi connectivity index (χ0) is 10.3. The maximum atomic E-state index is 12.1. The Labute approximate surface area is 78.4 Å². The topological polar surface area (TPSA) is 58.6 Å². The normalized spacial score (nSPS) is 12.2. The fraction of sp³-hybridized carbons (Fsp3) is 0.167. The molecule has 0 radical (unpaired) electrons. The Bertz CT molecular complexity index is 529. The van der Waals surface area contributed by atoms with Gasteiger partial charge >= 0.3 is 6.18 Å². The summed E-state index contributed by atoms with van der Waals surface area (Å²) in [7, 11) is 0. The second-order valence-electron chi connectivity index (χ2n) is 2.42. The van der Waals surface area contributed by atoms with E-state index in [4.69, 9.17) is 0 Å². The van der Waals surface area contributed by atoms with Crippen molar-refractivity contribution in [1.82, 2.24) is 15.0 Å². The van der Waals surface area contributed by atoms with Crippen molar-refractivity contribution in [2.75, 3.05) is 0 Å². The molecule has 8 heteroatoms. The number of aromatic nitrogens is 3. The lowest BCUT2D eigenvalue weighted by molar-refractivity contribution is -0.144. The van der Waals surface area contributed by atoms with E-state index in [0.717, 1.165) is 11.3 Å². The van der Waals surface area contributed by atoms with E-state index in [-0.39, 0.29) is 10.3 Å². The molecule has 0 amide bonds. The summed E-state index contributed by atoms with van der Waals surface area (Å²) in [6, 6.07) is 0. The molecular weight excluding hydrogens is 219 g/mol. The number of nitrogens with one attached hydrogen (secondary N) is 1. The molecule has 0 unspecified atom stereocenters. The van der Waals surface area contributed by atoms with Crippen LogP contribution in [0.4, 0.5) is 13.2 Å². The number of aromatic amines is 1. The van der Waals surface area contributed by atoms with Crippen molar-refractivity contribution in [3.63, 3.8) is 0 Å². The van der Waals surface area contributed by atoms with E-state index in [1.54, 1.807) is 4.98 Å². The summed E-state index contributed by atoms with van der Waals surface area (Å²) in [6.45, 7) is 0. The average Bonchev–Trinajstić information content (AvgIpc) is 2.50. The first-order valence-corrected chi connectivity index (χ1v) is 4.27. The first-order chi connectivity index (χ1) is 6.48. The molecule has 0 aliphatic rings. The Hall–Kier alpha value is -1.44. The second-order valence-corrected chi connectivity index (χ2v) is 3.27. The van der Waals surface area contributed by atoms with Crippen molar-refractivity contribution in [2.24, 2.45) is 0 Å². The Morgan fingerprint density at radius 2 is 2.14 bits per heavy atom. The largest absolute Gasteiger partial charge is 0.449 e. The van der Waals surface area contributed by atoms with Crippen LogP contribution in [0.5, 0.6) is 0 Å². The molecular formula is C6H2F3N3OS. The van der Waals surface area contributed by atoms with Gasteiger partial charge in [-0.15, -0.1) is 11.3 Å². The lowest BCUT2D eigenvalue weighted by Gasteiger charge is -2.03. The molecule has 4 nitrogen and oxygen atoms in total. The molecule has 2 aromatic heterocycles. The van der Waals surface area contributed by atoms with Gasteiger partial charge in [0.2, 0.25) is 5.82 Å². The van der Waals surface area contributed by atoms with Crippen LogP contribution in [0.15, 0.2) is 10.3 Å². The fourth-order valence-corrected chi connectivity index (χ4v) is 1.53. The zero-order valence-electron chi connectivity index (χ0n) is 6.42. The van der Waals surface area contributed by atoms with Crippen molar-refractivity contribution >= 4 is 21.7 Å². The number of alkyl halides is 3. The number of thiazole rings is 1. The number of H-pyrrole nitrogens is 1. The third-order valence-electron chi connectivity index (χ3n) is 1.47. The minimum atomic E-state index is -4.66. The molecule has 0 saturated carbocycles. The van der Waals surface area contributed by atoms with Gasteiger partial charge in [0.25, 0.3) is 5.56 Å². The molecule has 74 valence electrons. The maximum absolute atomic E-state index is 12.1. The standard InChI is InChI=1S/C6H2F3N3OS/c7-6(8,9)5-11-3-2(4(13)12-5)14-1-10-3/h1H,(H,11,12,13). The summed E-state index contributed by atoms with van der Waals surface area (Å²) in [5.74, 6) is -1.32. The first-order valence-electron chi connectivity index (χ1n) is 3.39. The smallest absolute Gasteiger partial charge is 0.302 e. The molecule has 0 spiro atoms. The number of hydrogen-bond donors (Lipinski definition) is 1. The highest BCUT2D eigenvalue weighted by Crippen LogP contribution is 2.26. The summed E-state index contributed by atoms with van der Waals surface area (Å²) in [6.07, 6.45) is -4.66. The van der Waals surface area contributed by atoms with Gasteiger partial charge in [0.15, 0.2) is 5.65 Å². The second kappa shape index (κ2) is 2.77. The van der Waals surface area contributed by atoms with Crippen LogP contribution in [0.3, 0.4) is 0 Å². The number of hydrogen-bond acceptors (Lipinski definition) is 4. The first kappa shape index (κ1) is 9.13. The van der Waals surface area contributed by atoms with Crippen molar-refractivity contribution in [3.8, 4) is 0 Å². The van der Waals surface area contributed by atoms with Gasteiger partial charge in [-0.05, 0) is 0 Å². The van der Waals surface area contributed by atoms with Crippen LogP contribution in [0.2, 0.25) is 0 Å². The van der Waals surface area contributed by atoms with E-state index in [2.05, 4.69) is 9.97 Å². The van der Waals surface area contributed by atoms with Gasteiger partial charge in [-0.3, -0.25) is 4.79 Å². The van der Waals surface area contributed by atoms with Crippen molar-refractivity contribution in [1.29, 1.82) is 0 Å². The van der Waals surface area contributed by atoms with Gasteiger partial charge in [0.05, 0.1) is 5.51 Å². The van der Waals surface area contributed by atoms with Crippen LogP contribution in [-0.2, 0) is 6.18 Å². The van der Waals surface area contributed by atoms with Crippen LogP contribution < -0.4 is 5.56 Å². The molecule has 2 rings (SSSR count). The lowest BCUT2D eigenvalue weighted by atomic mass is 10.5. The number of nitrogens with zero attached hydrogens (tertiary/aromatic N) is 2. The molecule has 1 N–H and O–H groups in total. The maximum Gasteiger partial charge on any atom is 0.449 e. The molecule has 2 heterocycles. The number of fused-ring (bicyclic) bond motifs is 1. The Morgan fingerprint density at radius 3 is 2.79 bits per heavy atom. The average molecular weight is 221 g/mol. The van der Waals surface area contributed by atoms with Gasteiger partial charge in [-0.2, -0.15) is 13.2 Å². The Kier molecular flexibility index (Phi) is 1.81. The molecule has 0 atom stereocenters. The number of halogens is 3. The highest BCUT2D eigenvalue weighted by atomic mass is 32.1. The monoisotopic (exact) mass is 221 g/mol. The highest BCUT2D eigenvalue weighted by Gasteiger charge is 2.34. The molecule has 0 aromatic carbocycles. The van der Waals surface area contributed by atoms with Gasteiger partial charge in [0, 0.05) is 0 Å². The molecule has 0 aliphatic carbocycles. The minimum Gasteiger partial charge on any atom is -0.302 e. The molecule has 2 aromatic rings. The predicted molar refractivity (Wildman–Crippen MR) is 43.0 cm³/mol. The quantitative estimate of drug-likeness (QED) is 0.731. The van der Waals surface area contributed by atoms with Crippen LogP contribution >= 0.6 is 11.3 Å². The molecule has 14 heavy (non-hydrogen) atoms. The van der Waals surface area contributed by atoms with Crippen molar-refractivity contribution < 1.29 is 13.2 Å². The summed E-state index contributed by atoms with van der Waals surface area (Å²) in [5.41, 5.74) is 0.281. The lowest BCUT2D eigenvalue weighted by Crippen LogP contribution is -2.18. The van der Waals surface area contributed by atoms with Crippen molar-refractivity contribution in [3.05, 3.63) is 21.7 Å². The van der Waals surface area contributed by atoms with E-state index in [9.17, 15) is 18.0 Å². The zero-order valence-corrected chi connectivity index (χ0v) is 7.24. The third-order valence-corrected chi connectivity index (χ3v) is 2.29. The van der Waals surface area contributed by atoms with Gasteiger partial charge in [-0.25, -0.2) is 9.97 Å². The molecule has 0 fully saturated rings. The van der Waals surface area contributed by atoms with Crippen LogP contribution in [0.1, 0.15) is 5.82 Å². The SMILES string of the molecule is O=c1[nH]c(C(F)(F)F)nc2ncsc12. The predicted octanol–water partition coefficient (Wildman–Crippen LogP) is 1.40.